The largest absolute Gasteiger partial charge is 0.425 e. The van der Waals surface area contributed by atoms with Crippen LogP contribution < -0.4 is 15.8 Å². The number of carbonyl (C=O) groups excluding carboxylic acids is 2. The topological polar surface area (TPSA) is 94.3 Å². The normalized spacial score (nSPS) is 13.2. The summed E-state index contributed by atoms with van der Waals surface area (Å²) in [6.45, 7) is 3.81. The molecule has 6 nitrogen and oxygen atoms in total. The Bertz CT molecular complexity index is 735. The number of ether oxygens (including phenoxy) is 1. The third-order valence-electron chi connectivity index (χ3n) is 3.57. The maximum atomic E-state index is 12.4. The lowest BCUT2D eigenvalue weighted by molar-refractivity contribution is -0.137. The van der Waals surface area contributed by atoms with E-state index in [0.717, 1.165) is 17.8 Å². The number of anilines is 1. The number of benzene rings is 1. The number of nitrogens with one attached hydrogen (secondary N) is 1. The molecule has 2 atom stereocenters. The van der Waals surface area contributed by atoms with E-state index in [9.17, 15) is 9.59 Å². The third kappa shape index (κ3) is 4.53. The molecular weight excluding hydrogens is 350 g/mol. The summed E-state index contributed by atoms with van der Waals surface area (Å²) in [6.07, 6.45) is 2.20. The van der Waals surface area contributed by atoms with Gasteiger partial charge in [-0.1, -0.05) is 55.3 Å². The van der Waals surface area contributed by atoms with E-state index in [4.69, 9.17) is 22.1 Å². The number of para-hydroxylation sites is 1. The molecule has 1 aromatic carbocycles. The van der Waals surface area contributed by atoms with Gasteiger partial charge in [0.05, 0.1) is 11.8 Å². The molecule has 0 saturated carbocycles. The van der Waals surface area contributed by atoms with Crippen molar-refractivity contribution in [1.29, 1.82) is 0 Å². The Morgan fingerprint density at radius 3 is 2.75 bits per heavy atom. The van der Waals surface area contributed by atoms with E-state index in [1.54, 1.807) is 24.3 Å². The van der Waals surface area contributed by atoms with Crippen LogP contribution in [-0.2, 0) is 4.79 Å². The molecule has 0 saturated heterocycles. The molecule has 128 valence electrons. The first-order chi connectivity index (χ1) is 11.4. The van der Waals surface area contributed by atoms with Crippen LogP contribution in [0.1, 0.15) is 30.6 Å². The summed E-state index contributed by atoms with van der Waals surface area (Å²) < 4.78 is 5.79. The van der Waals surface area contributed by atoms with Crippen molar-refractivity contribution in [2.24, 2.45) is 11.7 Å². The summed E-state index contributed by atoms with van der Waals surface area (Å²) in [7, 11) is 0. The minimum absolute atomic E-state index is 0.0176. The quantitative estimate of drug-likeness (QED) is 0.603. The molecule has 2 aromatic rings. The van der Waals surface area contributed by atoms with Crippen molar-refractivity contribution in [3.63, 3.8) is 0 Å². The second-order valence-corrected chi connectivity index (χ2v) is 6.91. The molecule has 2 rings (SSSR count). The number of hydrogen-bond donors (Lipinski definition) is 2. The minimum Gasteiger partial charge on any atom is -0.425 e. The van der Waals surface area contributed by atoms with E-state index in [-0.39, 0.29) is 17.2 Å². The maximum Gasteiger partial charge on any atom is 0.328 e. The van der Waals surface area contributed by atoms with Crippen LogP contribution in [0.25, 0.3) is 0 Å². The lowest BCUT2D eigenvalue weighted by Crippen LogP contribution is -2.39. The molecule has 0 fully saturated rings. The van der Waals surface area contributed by atoms with Crippen molar-refractivity contribution in [1.82, 2.24) is 4.98 Å². The number of halogens is 1. The van der Waals surface area contributed by atoms with Crippen LogP contribution in [0.5, 0.6) is 5.75 Å². The Labute approximate surface area is 149 Å². The number of amides is 1. The van der Waals surface area contributed by atoms with Gasteiger partial charge >= 0.3 is 5.97 Å². The third-order valence-corrected chi connectivity index (χ3v) is 4.60. The molecular formula is C16H18ClN3O3S. The molecule has 1 heterocycles. The fourth-order valence-corrected chi connectivity index (χ4v) is 2.69. The van der Waals surface area contributed by atoms with Crippen molar-refractivity contribution in [3.8, 4) is 5.75 Å². The average molecular weight is 368 g/mol. The lowest BCUT2D eigenvalue weighted by Gasteiger charge is -2.17. The van der Waals surface area contributed by atoms with E-state index >= 15 is 0 Å². The molecule has 2 unspecified atom stereocenters. The minimum atomic E-state index is -0.746. The monoisotopic (exact) mass is 367 g/mol. The summed E-state index contributed by atoms with van der Waals surface area (Å²) in [5, 5.41) is 2.98. The first-order valence-electron chi connectivity index (χ1n) is 7.41. The van der Waals surface area contributed by atoms with Crippen LogP contribution >= 0.6 is 22.9 Å². The number of hydrogen-bond acceptors (Lipinski definition) is 6. The fraction of sp³-hybridized carbons (Fsp3) is 0.312. The average Bonchev–Trinajstić information content (AvgIpc) is 2.98. The molecule has 1 aromatic heterocycles. The first kappa shape index (κ1) is 18.4. The van der Waals surface area contributed by atoms with Gasteiger partial charge in [-0.2, -0.15) is 0 Å². The lowest BCUT2D eigenvalue weighted by atomic mass is 10.0. The number of esters is 1. The highest BCUT2D eigenvalue weighted by Crippen LogP contribution is 2.25. The van der Waals surface area contributed by atoms with Crippen molar-refractivity contribution in [3.05, 3.63) is 40.4 Å². The fourth-order valence-electron chi connectivity index (χ4n) is 1.88. The van der Waals surface area contributed by atoms with Crippen LogP contribution in [0.3, 0.4) is 0 Å². The molecule has 0 aliphatic carbocycles. The Kier molecular flexibility index (Phi) is 6.30. The molecule has 0 radical (unpaired) electrons. The van der Waals surface area contributed by atoms with Gasteiger partial charge in [0.15, 0.2) is 5.13 Å². The first-order valence-corrected chi connectivity index (χ1v) is 8.60. The zero-order chi connectivity index (χ0) is 17.7. The summed E-state index contributed by atoms with van der Waals surface area (Å²) >= 11 is 6.93. The summed E-state index contributed by atoms with van der Waals surface area (Å²) in [4.78, 5) is 28.5. The van der Waals surface area contributed by atoms with E-state index in [1.807, 2.05) is 13.8 Å². The molecule has 8 heteroatoms. The van der Waals surface area contributed by atoms with Crippen molar-refractivity contribution in [2.45, 2.75) is 26.3 Å². The zero-order valence-electron chi connectivity index (χ0n) is 13.3. The van der Waals surface area contributed by atoms with Crippen LogP contribution in [0.2, 0.25) is 4.34 Å². The number of rotatable bonds is 6. The van der Waals surface area contributed by atoms with Gasteiger partial charge in [-0.15, -0.1) is 0 Å². The van der Waals surface area contributed by atoms with E-state index in [2.05, 4.69) is 10.3 Å². The van der Waals surface area contributed by atoms with Gasteiger partial charge in [-0.05, 0) is 18.1 Å². The molecule has 0 bridgehead atoms. The van der Waals surface area contributed by atoms with E-state index in [1.165, 1.54) is 6.20 Å². The Morgan fingerprint density at radius 1 is 1.42 bits per heavy atom. The van der Waals surface area contributed by atoms with Gasteiger partial charge < -0.3 is 10.5 Å². The summed E-state index contributed by atoms with van der Waals surface area (Å²) in [5.41, 5.74) is 6.09. The second kappa shape index (κ2) is 8.23. The van der Waals surface area contributed by atoms with Crippen molar-refractivity contribution in [2.75, 3.05) is 5.32 Å². The van der Waals surface area contributed by atoms with Crippen molar-refractivity contribution >= 4 is 39.9 Å². The molecule has 1 amide bonds. The van der Waals surface area contributed by atoms with E-state index in [0.29, 0.717) is 9.47 Å². The number of aromatic nitrogens is 1. The zero-order valence-corrected chi connectivity index (χ0v) is 14.9. The molecule has 0 aliphatic rings. The standard InChI is InChI=1S/C16H18ClN3O3S/c1-3-9(2)13(18)15(22)23-11-7-5-4-6-10(11)14(21)20-16-19-8-12(17)24-16/h4-9,13H,3,18H2,1-2H3,(H,19,20,21). The van der Waals surface area contributed by atoms with Gasteiger partial charge in [0, 0.05) is 0 Å². The van der Waals surface area contributed by atoms with Gasteiger partial charge in [0.25, 0.3) is 5.91 Å². The highest BCUT2D eigenvalue weighted by molar-refractivity contribution is 7.19. The van der Waals surface area contributed by atoms with Crippen molar-refractivity contribution < 1.29 is 14.3 Å². The van der Waals surface area contributed by atoms with Gasteiger partial charge in [0.2, 0.25) is 0 Å². The highest BCUT2D eigenvalue weighted by atomic mass is 35.5. The predicted octanol–water partition coefficient (Wildman–Crippen LogP) is 3.33. The smallest absolute Gasteiger partial charge is 0.328 e. The van der Waals surface area contributed by atoms with Crippen LogP contribution in [0, 0.1) is 5.92 Å². The Balaban J connectivity index is 2.14. The number of nitrogens with two attached hydrogens (primary N) is 1. The van der Waals surface area contributed by atoms with E-state index < -0.39 is 17.9 Å². The molecule has 0 aliphatic heterocycles. The SMILES string of the molecule is CCC(C)C(N)C(=O)Oc1ccccc1C(=O)Nc1ncc(Cl)s1. The van der Waals surface area contributed by atoms with Crippen LogP contribution in [0.4, 0.5) is 5.13 Å². The number of thiazole rings is 1. The molecule has 24 heavy (non-hydrogen) atoms. The highest BCUT2D eigenvalue weighted by Gasteiger charge is 2.23. The van der Waals surface area contributed by atoms with Crippen LogP contribution in [-0.4, -0.2) is 22.9 Å². The summed E-state index contributed by atoms with van der Waals surface area (Å²) in [6, 6.07) is 5.71. The predicted molar refractivity (Wildman–Crippen MR) is 94.6 cm³/mol. The Morgan fingerprint density at radius 2 is 2.12 bits per heavy atom. The number of nitrogens with zero attached hydrogens (tertiary/aromatic N) is 1. The summed E-state index contributed by atoms with van der Waals surface area (Å²) in [5.74, 6) is -0.874. The van der Waals surface area contributed by atoms with Gasteiger partial charge in [0.1, 0.15) is 16.1 Å². The number of carbonyl (C=O) groups is 2. The second-order valence-electron chi connectivity index (χ2n) is 5.25. The van der Waals surface area contributed by atoms with Gasteiger partial charge in [-0.25, -0.2) is 9.78 Å². The molecule has 3 N–H and O–H groups in total. The molecule has 0 spiro atoms. The Hall–Kier alpha value is -1.96. The maximum absolute atomic E-state index is 12.4. The van der Waals surface area contributed by atoms with Crippen LogP contribution in [0.15, 0.2) is 30.5 Å². The van der Waals surface area contributed by atoms with Gasteiger partial charge in [-0.3, -0.25) is 10.1 Å².